The van der Waals surface area contributed by atoms with Crippen LogP contribution in [0.5, 0.6) is 5.75 Å². The van der Waals surface area contributed by atoms with Crippen molar-refractivity contribution < 1.29 is 17.9 Å². The highest BCUT2D eigenvalue weighted by atomic mass is 32.2. The van der Waals surface area contributed by atoms with Crippen LogP contribution in [0.3, 0.4) is 0 Å². The average Bonchev–Trinajstić information content (AvgIpc) is 3.24. The number of amides is 1. The van der Waals surface area contributed by atoms with Gasteiger partial charge in [0.05, 0.1) is 4.90 Å². The number of ether oxygens (including phenoxy) is 1. The fourth-order valence-electron chi connectivity index (χ4n) is 2.88. The quantitative estimate of drug-likeness (QED) is 0.515. The summed E-state index contributed by atoms with van der Waals surface area (Å²) in [5.74, 6) is 0.378. The van der Waals surface area contributed by atoms with E-state index in [9.17, 15) is 13.2 Å². The number of aryl methyl sites for hydroxylation is 1. The van der Waals surface area contributed by atoms with Gasteiger partial charge in [-0.25, -0.2) is 13.4 Å². The normalized spacial score (nSPS) is 11.5. The van der Waals surface area contributed by atoms with Crippen LogP contribution in [0.4, 0.5) is 5.69 Å². The lowest BCUT2D eigenvalue weighted by Crippen LogP contribution is -2.30. The van der Waals surface area contributed by atoms with Gasteiger partial charge in [0, 0.05) is 24.2 Å². The minimum Gasteiger partial charge on any atom is -0.486 e. The molecule has 0 saturated carbocycles. The third-order valence-corrected chi connectivity index (χ3v) is 7.51. The maximum Gasteiger partial charge on any atom is 0.275 e. The van der Waals surface area contributed by atoms with Gasteiger partial charge in [-0.15, -0.1) is 11.3 Å². The average molecular weight is 460 g/mol. The van der Waals surface area contributed by atoms with Crippen LogP contribution >= 0.6 is 11.3 Å². The Bertz CT molecular complexity index is 1120. The molecular weight excluding hydrogens is 434 g/mol. The minimum atomic E-state index is -3.53. The maximum absolute atomic E-state index is 12.6. The first-order valence-corrected chi connectivity index (χ1v) is 12.2. The summed E-state index contributed by atoms with van der Waals surface area (Å²) in [7, 11) is -3.53. The summed E-state index contributed by atoms with van der Waals surface area (Å²) in [6.45, 7) is 6.67. The molecule has 31 heavy (non-hydrogen) atoms. The van der Waals surface area contributed by atoms with Crippen LogP contribution in [-0.2, 0) is 16.6 Å². The number of hydrogen-bond donors (Lipinski definition) is 1. The minimum absolute atomic E-state index is 0.193. The molecule has 1 heterocycles. The molecule has 2 aromatic carbocycles. The summed E-state index contributed by atoms with van der Waals surface area (Å²) in [5, 5.41) is 5.10. The second-order valence-corrected chi connectivity index (χ2v) is 9.68. The van der Waals surface area contributed by atoms with Crippen molar-refractivity contribution in [2.45, 2.75) is 32.3 Å². The Morgan fingerprint density at radius 2 is 1.71 bits per heavy atom. The van der Waals surface area contributed by atoms with Crippen molar-refractivity contribution in [3.8, 4) is 5.75 Å². The van der Waals surface area contributed by atoms with Gasteiger partial charge < -0.3 is 10.1 Å². The molecule has 0 bridgehead atoms. The summed E-state index contributed by atoms with van der Waals surface area (Å²) in [4.78, 5) is 17.0. The predicted octanol–water partition coefficient (Wildman–Crippen LogP) is 4.31. The topological polar surface area (TPSA) is 88.6 Å². The van der Waals surface area contributed by atoms with E-state index >= 15 is 0 Å². The van der Waals surface area contributed by atoms with Crippen LogP contribution < -0.4 is 10.1 Å². The van der Waals surface area contributed by atoms with Crippen molar-refractivity contribution in [3.63, 3.8) is 0 Å². The van der Waals surface area contributed by atoms with E-state index in [1.807, 2.05) is 31.2 Å². The first kappa shape index (κ1) is 22.9. The lowest BCUT2D eigenvalue weighted by atomic mass is 10.2. The zero-order valence-electron chi connectivity index (χ0n) is 17.7. The Hall–Kier alpha value is -2.75. The molecule has 0 spiro atoms. The van der Waals surface area contributed by atoms with Crippen molar-refractivity contribution >= 4 is 33.0 Å². The number of benzene rings is 2. The molecule has 0 saturated heterocycles. The number of aromatic nitrogens is 1. The summed E-state index contributed by atoms with van der Waals surface area (Å²) in [6, 6.07) is 13.8. The third kappa shape index (κ3) is 5.69. The van der Waals surface area contributed by atoms with Gasteiger partial charge in [-0.1, -0.05) is 31.5 Å². The zero-order chi connectivity index (χ0) is 22.4. The van der Waals surface area contributed by atoms with Gasteiger partial charge in [0.2, 0.25) is 10.0 Å². The number of hydrogen-bond acceptors (Lipinski definition) is 6. The van der Waals surface area contributed by atoms with Crippen LogP contribution in [-0.4, -0.2) is 36.7 Å². The molecule has 1 amide bonds. The number of nitrogens with zero attached hydrogens (tertiary/aromatic N) is 2. The van der Waals surface area contributed by atoms with Gasteiger partial charge in [-0.2, -0.15) is 4.31 Å². The molecule has 164 valence electrons. The van der Waals surface area contributed by atoms with Crippen molar-refractivity contribution in [3.05, 3.63) is 70.2 Å². The fraction of sp³-hybridized carbons (Fsp3) is 0.273. The number of anilines is 1. The Balaban J connectivity index is 1.61. The molecule has 0 radical (unpaired) electrons. The van der Waals surface area contributed by atoms with E-state index in [-0.39, 0.29) is 23.1 Å². The van der Waals surface area contributed by atoms with Crippen LogP contribution in [0.25, 0.3) is 0 Å². The van der Waals surface area contributed by atoms with Gasteiger partial charge >= 0.3 is 0 Å². The van der Waals surface area contributed by atoms with Gasteiger partial charge in [0.15, 0.2) is 0 Å². The number of carbonyl (C=O) groups excluding carboxylic acids is 1. The third-order valence-electron chi connectivity index (χ3n) is 4.62. The molecule has 1 N–H and O–H groups in total. The molecule has 0 aliphatic rings. The first-order valence-electron chi connectivity index (χ1n) is 9.89. The van der Waals surface area contributed by atoms with Crippen LogP contribution in [0.2, 0.25) is 0 Å². The Morgan fingerprint density at radius 1 is 1.06 bits per heavy atom. The van der Waals surface area contributed by atoms with Crippen molar-refractivity contribution in [2.75, 3.05) is 18.4 Å². The smallest absolute Gasteiger partial charge is 0.275 e. The highest BCUT2D eigenvalue weighted by Crippen LogP contribution is 2.20. The first-order chi connectivity index (χ1) is 14.8. The van der Waals surface area contributed by atoms with Crippen LogP contribution in [0, 0.1) is 6.92 Å². The number of nitrogens with one attached hydrogen (secondary N) is 1. The molecule has 0 fully saturated rings. The van der Waals surface area contributed by atoms with E-state index in [1.165, 1.54) is 27.8 Å². The molecule has 0 atom stereocenters. The van der Waals surface area contributed by atoms with Gasteiger partial charge in [0.1, 0.15) is 23.1 Å². The van der Waals surface area contributed by atoms with Crippen molar-refractivity contribution in [2.24, 2.45) is 0 Å². The van der Waals surface area contributed by atoms with Gasteiger partial charge in [0.25, 0.3) is 5.91 Å². The van der Waals surface area contributed by atoms with E-state index in [0.717, 1.165) is 11.3 Å². The molecule has 1 aromatic heterocycles. The molecule has 9 heteroatoms. The summed E-state index contributed by atoms with van der Waals surface area (Å²) >= 11 is 1.34. The van der Waals surface area contributed by atoms with Gasteiger partial charge in [-0.05, 0) is 43.3 Å². The van der Waals surface area contributed by atoms with Crippen LogP contribution in [0.1, 0.15) is 34.9 Å². The molecule has 7 nitrogen and oxygen atoms in total. The van der Waals surface area contributed by atoms with E-state index in [0.29, 0.717) is 23.8 Å². The van der Waals surface area contributed by atoms with E-state index in [4.69, 9.17) is 4.74 Å². The molecule has 0 unspecified atom stereocenters. The second kappa shape index (κ2) is 10.0. The van der Waals surface area contributed by atoms with E-state index < -0.39 is 10.0 Å². The van der Waals surface area contributed by atoms with E-state index in [1.54, 1.807) is 31.4 Å². The zero-order valence-corrected chi connectivity index (χ0v) is 19.3. The van der Waals surface area contributed by atoms with Crippen molar-refractivity contribution in [1.29, 1.82) is 0 Å². The number of carbonyl (C=O) groups is 1. The molecule has 0 aliphatic heterocycles. The lowest BCUT2D eigenvalue weighted by molar-refractivity contribution is 0.102. The molecular formula is C22H25N3O4S2. The lowest BCUT2D eigenvalue weighted by Gasteiger charge is -2.18. The second-order valence-electron chi connectivity index (χ2n) is 6.80. The SMILES string of the molecule is CCN(CC)S(=O)(=O)c1ccc(NC(=O)c2csc(COc3ccc(C)cc3)n2)cc1. The molecule has 3 rings (SSSR count). The monoisotopic (exact) mass is 459 g/mol. The Kier molecular flexibility index (Phi) is 7.42. The summed E-state index contributed by atoms with van der Waals surface area (Å²) in [6.07, 6.45) is 0. The van der Waals surface area contributed by atoms with Crippen LogP contribution in [0.15, 0.2) is 58.8 Å². The Morgan fingerprint density at radius 3 is 2.32 bits per heavy atom. The summed E-state index contributed by atoms with van der Waals surface area (Å²) in [5.41, 5.74) is 1.93. The number of sulfonamides is 1. The molecule has 0 aliphatic carbocycles. The fourth-order valence-corrected chi connectivity index (χ4v) is 5.02. The standard InChI is InChI=1S/C22H25N3O4S2/c1-4-25(5-2)31(27,28)19-12-8-17(9-13-19)23-22(26)20-15-30-21(24-20)14-29-18-10-6-16(3)7-11-18/h6-13,15H,4-5,14H2,1-3H3,(H,23,26). The summed E-state index contributed by atoms with van der Waals surface area (Å²) < 4.78 is 32.2. The highest BCUT2D eigenvalue weighted by molar-refractivity contribution is 7.89. The largest absolute Gasteiger partial charge is 0.486 e. The molecule has 3 aromatic rings. The predicted molar refractivity (Wildman–Crippen MR) is 122 cm³/mol. The maximum atomic E-state index is 12.6. The highest BCUT2D eigenvalue weighted by Gasteiger charge is 2.21. The number of rotatable bonds is 9. The van der Waals surface area contributed by atoms with Crippen molar-refractivity contribution in [1.82, 2.24) is 9.29 Å². The number of thiazole rings is 1. The van der Waals surface area contributed by atoms with E-state index in [2.05, 4.69) is 10.3 Å². The Labute approximate surface area is 186 Å². The van der Waals surface area contributed by atoms with Gasteiger partial charge in [-0.3, -0.25) is 4.79 Å².